The van der Waals surface area contributed by atoms with Gasteiger partial charge in [0.05, 0.1) is 0 Å². The van der Waals surface area contributed by atoms with Crippen LogP contribution in [0.5, 0.6) is 0 Å². The molecule has 0 atom stereocenters. The van der Waals surface area contributed by atoms with Gasteiger partial charge in [0.2, 0.25) is 0 Å². The zero-order chi connectivity index (χ0) is 21.3. The molecule has 0 saturated heterocycles. The van der Waals surface area contributed by atoms with Crippen molar-refractivity contribution in [2.75, 3.05) is 0 Å². The third kappa shape index (κ3) is 6.31. The van der Waals surface area contributed by atoms with E-state index < -0.39 is 0 Å². The Bertz CT molecular complexity index is 1170. The zero-order valence-electron chi connectivity index (χ0n) is 17.7. The molecule has 0 fully saturated rings. The molecule has 3 heteroatoms. The van der Waals surface area contributed by atoms with Gasteiger partial charge >= 0.3 is 0 Å². The minimum Gasteiger partial charge on any atom is -0.305 e. The Kier molecular flexibility index (Phi) is 8.62. The summed E-state index contributed by atoms with van der Waals surface area (Å²) in [6.45, 7) is 1.99. The average molecular weight is 591 g/mol. The molecule has 159 valence electrons. The molecule has 0 aliphatic carbocycles. The van der Waals surface area contributed by atoms with Gasteiger partial charge in [-0.25, -0.2) is 0 Å². The summed E-state index contributed by atoms with van der Waals surface area (Å²) in [7, 11) is 0. The van der Waals surface area contributed by atoms with Crippen LogP contribution in [0, 0.1) is 19.1 Å². The van der Waals surface area contributed by atoms with Gasteiger partial charge in [0, 0.05) is 32.0 Å². The molecule has 5 rings (SSSR count). The summed E-state index contributed by atoms with van der Waals surface area (Å²) in [6.07, 6.45) is 1.80. The van der Waals surface area contributed by atoms with Gasteiger partial charge in [0.1, 0.15) is 0 Å². The van der Waals surface area contributed by atoms with E-state index in [0.717, 1.165) is 28.2 Å². The third-order valence-electron chi connectivity index (χ3n) is 4.72. The summed E-state index contributed by atoms with van der Waals surface area (Å²) >= 11 is 0. The van der Waals surface area contributed by atoms with Gasteiger partial charge in [-0.15, -0.1) is 71.3 Å². The number of nitrogens with zero attached hydrogens (tertiary/aromatic N) is 2. The van der Waals surface area contributed by atoms with E-state index in [2.05, 4.69) is 46.4 Å². The summed E-state index contributed by atoms with van der Waals surface area (Å²) < 4.78 is 0. The average Bonchev–Trinajstić information content (AvgIpc) is 2.86. The Hall–Kier alpha value is -3.39. The molecule has 2 nitrogen and oxygen atoms in total. The van der Waals surface area contributed by atoms with Gasteiger partial charge in [-0.05, 0) is 36.0 Å². The monoisotopic (exact) mass is 591 g/mol. The molecule has 0 bridgehead atoms. The quantitative estimate of drug-likeness (QED) is 0.210. The van der Waals surface area contributed by atoms with E-state index in [1.165, 1.54) is 11.1 Å². The third-order valence-corrected chi connectivity index (χ3v) is 4.72. The molecule has 2 heterocycles. The van der Waals surface area contributed by atoms with Crippen LogP contribution in [0.3, 0.4) is 0 Å². The van der Waals surface area contributed by atoms with Crippen LogP contribution in [0.2, 0.25) is 0 Å². The van der Waals surface area contributed by atoms with Gasteiger partial charge in [0.15, 0.2) is 0 Å². The summed E-state index contributed by atoms with van der Waals surface area (Å²) in [5, 5.41) is 0. The number of hydrogen-bond acceptors (Lipinski definition) is 2. The molecule has 0 aliphatic heterocycles. The molecule has 32 heavy (non-hydrogen) atoms. The Morgan fingerprint density at radius 3 is 2.06 bits per heavy atom. The fourth-order valence-corrected chi connectivity index (χ4v) is 3.19. The van der Waals surface area contributed by atoms with Crippen molar-refractivity contribution >= 4 is 0 Å². The van der Waals surface area contributed by atoms with E-state index >= 15 is 0 Å². The van der Waals surface area contributed by atoms with E-state index in [-0.39, 0.29) is 20.1 Å². The van der Waals surface area contributed by atoms with Crippen LogP contribution in [0.1, 0.15) is 5.69 Å². The van der Waals surface area contributed by atoms with Crippen LogP contribution in [-0.2, 0) is 20.1 Å². The topological polar surface area (TPSA) is 25.8 Å². The number of benzene rings is 3. The fraction of sp³-hybridized carbons (Fsp3) is 0.0345. The van der Waals surface area contributed by atoms with Gasteiger partial charge in [0.25, 0.3) is 0 Å². The molecular formula is C29H22IrN2-2. The van der Waals surface area contributed by atoms with Crippen molar-refractivity contribution in [1.29, 1.82) is 0 Å². The number of hydrogen-bond donors (Lipinski definition) is 0. The smallest absolute Gasteiger partial charge is 0.0266 e. The number of aryl methyl sites for hydroxylation is 1. The molecule has 0 spiro atoms. The van der Waals surface area contributed by atoms with E-state index in [1.54, 1.807) is 6.20 Å². The van der Waals surface area contributed by atoms with E-state index in [4.69, 9.17) is 0 Å². The molecule has 5 aromatic rings. The van der Waals surface area contributed by atoms with Crippen molar-refractivity contribution in [1.82, 2.24) is 9.97 Å². The van der Waals surface area contributed by atoms with Crippen molar-refractivity contribution in [2.45, 2.75) is 6.92 Å². The molecule has 0 amide bonds. The van der Waals surface area contributed by atoms with E-state index in [9.17, 15) is 0 Å². The Morgan fingerprint density at radius 2 is 1.34 bits per heavy atom. The number of rotatable bonds is 3. The van der Waals surface area contributed by atoms with Crippen molar-refractivity contribution in [2.24, 2.45) is 0 Å². The minimum atomic E-state index is 0. The molecule has 1 radical (unpaired) electrons. The first-order valence-electron chi connectivity index (χ1n) is 10.2. The standard InChI is InChI=1S/C17H12N.C12H10N.Ir/c1-2-7-14(8-3-1)15-9-6-10-16(13-15)17-11-4-5-12-18-17;1-10-6-5-9-12(13-10)11-7-3-2-4-8-11;/h1-9,11-13H;2-7,9H,1H3;/q2*-1;. The molecule has 0 unspecified atom stereocenters. The van der Waals surface area contributed by atoms with E-state index in [0.29, 0.717) is 0 Å². The first-order chi connectivity index (χ1) is 15.3. The van der Waals surface area contributed by atoms with Crippen LogP contribution in [0.15, 0.2) is 115 Å². The van der Waals surface area contributed by atoms with Crippen molar-refractivity contribution in [3.05, 3.63) is 133 Å². The van der Waals surface area contributed by atoms with Gasteiger partial charge in [-0.3, -0.25) is 0 Å². The fourth-order valence-electron chi connectivity index (χ4n) is 3.19. The van der Waals surface area contributed by atoms with Gasteiger partial charge in [-0.1, -0.05) is 54.6 Å². The van der Waals surface area contributed by atoms with Crippen LogP contribution < -0.4 is 0 Å². The van der Waals surface area contributed by atoms with Gasteiger partial charge < -0.3 is 9.97 Å². The Balaban J connectivity index is 0.000000184. The normalized spacial score (nSPS) is 9.78. The Labute approximate surface area is 203 Å². The second kappa shape index (κ2) is 11.9. The summed E-state index contributed by atoms with van der Waals surface area (Å²) in [6, 6.07) is 42.7. The van der Waals surface area contributed by atoms with Crippen LogP contribution >= 0.6 is 0 Å². The molecule has 0 N–H and O–H groups in total. The maximum Gasteiger partial charge on any atom is 0.0266 e. The summed E-state index contributed by atoms with van der Waals surface area (Å²) in [5.74, 6) is 0. The first kappa shape index (κ1) is 23.3. The molecule has 3 aromatic carbocycles. The largest absolute Gasteiger partial charge is 0.305 e. The zero-order valence-corrected chi connectivity index (χ0v) is 20.1. The molecule has 2 aromatic heterocycles. The van der Waals surface area contributed by atoms with Crippen molar-refractivity contribution in [3.63, 3.8) is 0 Å². The van der Waals surface area contributed by atoms with Crippen molar-refractivity contribution in [3.8, 4) is 33.6 Å². The predicted octanol–water partition coefficient (Wildman–Crippen LogP) is 7.07. The summed E-state index contributed by atoms with van der Waals surface area (Å²) in [4.78, 5) is 8.76. The number of aromatic nitrogens is 2. The van der Waals surface area contributed by atoms with E-state index in [1.807, 2.05) is 91.9 Å². The summed E-state index contributed by atoms with van der Waals surface area (Å²) in [5.41, 5.74) is 7.45. The maximum atomic E-state index is 4.41. The predicted molar refractivity (Wildman–Crippen MR) is 127 cm³/mol. The van der Waals surface area contributed by atoms with Crippen LogP contribution in [-0.4, -0.2) is 9.97 Å². The Morgan fingerprint density at radius 1 is 0.594 bits per heavy atom. The van der Waals surface area contributed by atoms with Crippen LogP contribution in [0.4, 0.5) is 0 Å². The molecule has 0 aliphatic rings. The number of pyridine rings is 2. The molecular weight excluding hydrogens is 569 g/mol. The van der Waals surface area contributed by atoms with Gasteiger partial charge in [-0.2, -0.15) is 0 Å². The van der Waals surface area contributed by atoms with Crippen molar-refractivity contribution < 1.29 is 20.1 Å². The minimum absolute atomic E-state index is 0. The van der Waals surface area contributed by atoms with Crippen LogP contribution in [0.25, 0.3) is 33.6 Å². The molecule has 0 saturated carbocycles. The maximum absolute atomic E-state index is 4.41. The second-order valence-corrected chi connectivity index (χ2v) is 7.01. The SMILES string of the molecule is Cc1cccc(-c2[c-]cccc2)n1.[Ir].[c-]1ccc(-c2ccccc2)cc1-c1ccccn1. The first-order valence-corrected chi connectivity index (χ1v) is 10.2. The second-order valence-electron chi connectivity index (χ2n) is 7.01.